The van der Waals surface area contributed by atoms with Crippen molar-refractivity contribution in [2.75, 3.05) is 27.4 Å². The minimum atomic E-state index is -0.735. The first-order valence-corrected chi connectivity index (χ1v) is 15.9. The number of aliphatic hydroxyl groups excluding tert-OH is 1. The van der Waals surface area contributed by atoms with Crippen LogP contribution >= 0.6 is 0 Å². The zero-order valence-electron chi connectivity index (χ0n) is 27.8. The third kappa shape index (κ3) is 10.3. The predicted molar refractivity (Wildman–Crippen MR) is 187 cm³/mol. The Labute approximate surface area is 279 Å². The molecule has 0 heterocycles. The van der Waals surface area contributed by atoms with E-state index in [4.69, 9.17) is 28.8 Å². The molecular formula is C41H46O6. The van der Waals surface area contributed by atoms with Crippen LogP contribution in [0.25, 0.3) is 0 Å². The summed E-state index contributed by atoms with van der Waals surface area (Å²) in [5.74, 6) is 1.68. The van der Waals surface area contributed by atoms with Crippen LogP contribution in [0.15, 0.2) is 140 Å². The molecule has 0 aromatic heterocycles. The summed E-state index contributed by atoms with van der Waals surface area (Å²) in [5.41, 5.74) is 4.70. The molecule has 0 amide bonds. The first-order valence-electron chi connectivity index (χ1n) is 15.9. The van der Waals surface area contributed by atoms with Crippen molar-refractivity contribution in [3.63, 3.8) is 0 Å². The van der Waals surface area contributed by atoms with E-state index in [0.29, 0.717) is 19.8 Å². The predicted octanol–water partition coefficient (Wildman–Crippen LogP) is 8.20. The maximum absolute atomic E-state index is 8.75. The van der Waals surface area contributed by atoms with Gasteiger partial charge in [0.2, 0.25) is 0 Å². The number of hydrogen-bond acceptors (Lipinski definition) is 6. The highest BCUT2D eigenvalue weighted by molar-refractivity contribution is 5.47. The Kier molecular flexibility index (Phi) is 14.0. The standard InChI is InChI=1S/C30H30O3.C11H16O3/c1-24(32-23-25-18-20-29(31-2)21-19-25)22-33-30(26-12-6-3-7-13-26,27-14-8-4-9-15-27)28-16-10-5-11-17-28;1-9(7-12)14-8-10-3-5-11(13-2)6-4-10/h3-21,24H,22-23H2,1-2H3;3-6,9,12H,7-8H2,1-2H3. The van der Waals surface area contributed by atoms with Crippen LogP contribution in [0.3, 0.4) is 0 Å². The Morgan fingerprint density at radius 2 is 0.872 bits per heavy atom. The van der Waals surface area contributed by atoms with E-state index in [1.165, 1.54) is 0 Å². The van der Waals surface area contributed by atoms with Gasteiger partial charge in [-0.1, -0.05) is 115 Å². The molecule has 0 aliphatic rings. The van der Waals surface area contributed by atoms with Crippen molar-refractivity contribution in [1.29, 1.82) is 0 Å². The van der Waals surface area contributed by atoms with Crippen molar-refractivity contribution >= 4 is 0 Å². The molecule has 0 spiro atoms. The molecular weight excluding hydrogens is 588 g/mol. The van der Waals surface area contributed by atoms with Gasteiger partial charge in [0.25, 0.3) is 0 Å². The maximum atomic E-state index is 8.75. The number of rotatable bonds is 15. The Balaban J connectivity index is 0.000000300. The summed E-state index contributed by atoms with van der Waals surface area (Å²) in [6.07, 6.45) is -0.209. The summed E-state index contributed by atoms with van der Waals surface area (Å²) in [7, 11) is 3.31. The number of benzene rings is 5. The van der Waals surface area contributed by atoms with Gasteiger partial charge in [-0.3, -0.25) is 0 Å². The molecule has 6 heteroatoms. The van der Waals surface area contributed by atoms with Crippen LogP contribution < -0.4 is 9.47 Å². The van der Waals surface area contributed by atoms with Crippen molar-refractivity contribution in [3.8, 4) is 11.5 Å². The minimum absolute atomic E-state index is 0.0517. The molecule has 2 unspecified atom stereocenters. The van der Waals surface area contributed by atoms with E-state index in [1.54, 1.807) is 14.2 Å². The molecule has 0 aliphatic heterocycles. The average molecular weight is 635 g/mol. The third-order valence-electron chi connectivity index (χ3n) is 7.72. The monoisotopic (exact) mass is 634 g/mol. The second kappa shape index (κ2) is 18.6. The average Bonchev–Trinajstić information content (AvgIpc) is 3.15. The van der Waals surface area contributed by atoms with Gasteiger partial charge in [-0.05, 0) is 65.9 Å². The minimum Gasteiger partial charge on any atom is -0.497 e. The molecule has 0 bridgehead atoms. The highest BCUT2D eigenvalue weighted by atomic mass is 16.5. The largest absolute Gasteiger partial charge is 0.497 e. The van der Waals surface area contributed by atoms with Crippen LogP contribution in [0.5, 0.6) is 11.5 Å². The van der Waals surface area contributed by atoms with Crippen molar-refractivity contribution in [3.05, 3.63) is 167 Å². The first-order chi connectivity index (χ1) is 23.0. The molecule has 5 rings (SSSR count). The molecule has 1 N–H and O–H groups in total. The van der Waals surface area contributed by atoms with E-state index in [9.17, 15) is 0 Å². The molecule has 0 saturated carbocycles. The van der Waals surface area contributed by atoms with Gasteiger partial charge < -0.3 is 28.8 Å². The number of aliphatic hydroxyl groups is 1. The van der Waals surface area contributed by atoms with Crippen molar-refractivity contribution in [1.82, 2.24) is 0 Å². The van der Waals surface area contributed by atoms with E-state index in [2.05, 4.69) is 79.7 Å². The fraction of sp³-hybridized carbons (Fsp3) is 0.268. The SMILES string of the molecule is COc1ccc(COC(C)CO)cc1.COc1ccc(COC(C)COC(c2ccccc2)(c2ccccc2)c2ccccc2)cc1. The molecule has 5 aromatic rings. The summed E-state index contributed by atoms with van der Waals surface area (Å²) in [5, 5.41) is 8.75. The van der Waals surface area contributed by atoms with Gasteiger partial charge in [0.1, 0.15) is 17.1 Å². The summed E-state index contributed by atoms with van der Waals surface area (Å²) < 4.78 is 28.6. The van der Waals surface area contributed by atoms with Crippen molar-refractivity contribution < 1.29 is 28.8 Å². The second-order valence-corrected chi connectivity index (χ2v) is 11.2. The lowest BCUT2D eigenvalue weighted by atomic mass is 9.80. The number of methoxy groups -OCH3 is 2. The molecule has 0 saturated heterocycles. The molecule has 5 aromatic carbocycles. The zero-order valence-corrected chi connectivity index (χ0v) is 27.8. The second-order valence-electron chi connectivity index (χ2n) is 11.2. The maximum Gasteiger partial charge on any atom is 0.143 e. The Bertz CT molecular complexity index is 1440. The van der Waals surface area contributed by atoms with Crippen LogP contribution in [0.1, 0.15) is 41.7 Å². The van der Waals surface area contributed by atoms with E-state index in [1.807, 2.05) is 73.7 Å². The Hall–Kier alpha value is -4.46. The quantitative estimate of drug-likeness (QED) is 0.117. The van der Waals surface area contributed by atoms with Crippen molar-refractivity contribution in [2.45, 2.75) is 44.9 Å². The summed E-state index contributed by atoms with van der Waals surface area (Å²) in [6.45, 7) is 5.42. The summed E-state index contributed by atoms with van der Waals surface area (Å²) >= 11 is 0. The van der Waals surface area contributed by atoms with E-state index in [-0.39, 0.29) is 18.8 Å². The van der Waals surface area contributed by atoms with Gasteiger partial charge in [-0.25, -0.2) is 0 Å². The van der Waals surface area contributed by atoms with E-state index >= 15 is 0 Å². The van der Waals surface area contributed by atoms with Crippen molar-refractivity contribution in [2.24, 2.45) is 0 Å². The van der Waals surface area contributed by atoms with E-state index in [0.717, 1.165) is 39.3 Å². The molecule has 0 fully saturated rings. The van der Waals surface area contributed by atoms with Gasteiger partial charge in [0.05, 0.1) is 52.9 Å². The van der Waals surface area contributed by atoms with Gasteiger partial charge in [-0.15, -0.1) is 0 Å². The Morgan fingerprint density at radius 1 is 0.511 bits per heavy atom. The molecule has 0 aliphatic carbocycles. The van der Waals surface area contributed by atoms with Crippen LogP contribution in [-0.4, -0.2) is 44.7 Å². The molecule has 47 heavy (non-hydrogen) atoms. The zero-order chi connectivity index (χ0) is 33.3. The first kappa shape index (κ1) is 35.4. The molecule has 6 nitrogen and oxygen atoms in total. The van der Waals surface area contributed by atoms with E-state index < -0.39 is 5.60 Å². The lowest BCUT2D eigenvalue weighted by molar-refractivity contribution is -0.0630. The number of hydrogen-bond donors (Lipinski definition) is 1. The summed E-state index contributed by atoms with van der Waals surface area (Å²) in [4.78, 5) is 0. The van der Waals surface area contributed by atoms with Crippen LogP contribution in [0.4, 0.5) is 0 Å². The highest BCUT2D eigenvalue weighted by Crippen LogP contribution is 2.40. The van der Waals surface area contributed by atoms with Crippen LogP contribution in [0, 0.1) is 0 Å². The van der Waals surface area contributed by atoms with Gasteiger partial charge in [-0.2, -0.15) is 0 Å². The molecule has 246 valence electrons. The lowest BCUT2D eigenvalue weighted by Gasteiger charge is -2.36. The topological polar surface area (TPSA) is 66.4 Å². The smallest absolute Gasteiger partial charge is 0.143 e. The summed E-state index contributed by atoms with van der Waals surface area (Å²) in [6, 6.07) is 46.8. The third-order valence-corrected chi connectivity index (χ3v) is 7.72. The molecule has 2 atom stereocenters. The van der Waals surface area contributed by atoms with Gasteiger partial charge >= 0.3 is 0 Å². The normalized spacial score (nSPS) is 12.4. The lowest BCUT2D eigenvalue weighted by Crippen LogP contribution is -2.35. The highest BCUT2D eigenvalue weighted by Gasteiger charge is 2.37. The fourth-order valence-electron chi connectivity index (χ4n) is 5.03. The van der Waals surface area contributed by atoms with Gasteiger partial charge in [0, 0.05) is 0 Å². The fourth-order valence-corrected chi connectivity index (χ4v) is 5.03. The number of ether oxygens (including phenoxy) is 5. The van der Waals surface area contributed by atoms with Crippen LogP contribution in [-0.2, 0) is 33.0 Å². The molecule has 0 radical (unpaired) electrons. The van der Waals surface area contributed by atoms with Gasteiger partial charge in [0.15, 0.2) is 0 Å². The van der Waals surface area contributed by atoms with Crippen LogP contribution in [0.2, 0.25) is 0 Å². The Morgan fingerprint density at radius 3 is 1.21 bits per heavy atom.